The molecule has 108 valence electrons. The molecule has 0 spiro atoms. The highest BCUT2D eigenvalue weighted by Crippen LogP contribution is 2.24. The smallest absolute Gasteiger partial charge is 0.223 e. The summed E-state index contributed by atoms with van der Waals surface area (Å²) in [6.07, 6.45) is 0.397. The third-order valence-corrected chi connectivity index (χ3v) is 3.73. The van der Waals surface area contributed by atoms with Gasteiger partial charge in [0.2, 0.25) is 5.91 Å². The normalized spacial score (nSPS) is 13.3. The van der Waals surface area contributed by atoms with Crippen molar-refractivity contribution in [1.82, 2.24) is 4.90 Å². The Bertz CT molecular complexity index is 395. The van der Waals surface area contributed by atoms with Gasteiger partial charge in [-0.15, -0.1) is 12.4 Å². The Morgan fingerprint density at radius 1 is 1.32 bits per heavy atom. The maximum atomic E-state index is 11.8. The third-order valence-electron chi connectivity index (χ3n) is 3.48. The molecule has 2 atom stereocenters. The van der Waals surface area contributed by atoms with E-state index in [-0.39, 0.29) is 30.3 Å². The number of hydrogen-bond donors (Lipinski definition) is 1. The van der Waals surface area contributed by atoms with Crippen molar-refractivity contribution in [2.45, 2.75) is 32.2 Å². The maximum Gasteiger partial charge on any atom is 0.223 e. The van der Waals surface area contributed by atoms with E-state index in [1.54, 1.807) is 4.90 Å². The van der Waals surface area contributed by atoms with Gasteiger partial charge in [0, 0.05) is 37.0 Å². The summed E-state index contributed by atoms with van der Waals surface area (Å²) in [5.41, 5.74) is 6.59. The molecule has 0 aliphatic rings. The predicted octanol–water partition coefficient (Wildman–Crippen LogP) is 3.06. The molecule has 0 saturated carbocycles. The first-order valence-electron chi connectivity index (χ1n) is 6.18. The van der Waals surface area contributed by atoms with Gasteiger partial charge >= 0.3 is 0 Å². The van der Waals surface area contributed by atoms with Crippen molar-refractivity contribution in [3.63, 3.8) is 0 Å². The number of amides is 1. The van der Waals surface area contributed by atoms with Crippen LogP contribution < -0.4 is 5.73 Å². The number of nitrogens with two attached hydrogens (primary N) is 1. The quantitative estimate of drug-likeness (QED) is 0.909. The molecule has 2 unspecified atom stereocenters. The van der Waals surface area contributed by atoms with Crippen LogP contribution in [0.5, 0.6) is 0 Å². The second kappa shape index (κ2) is 8.41. The van der Waals surface area contributed by atoms with Gasteiger partial charge in [-0.25, -0.2) is 0 Å². The van der Waals surface area contributed by atoms with Crippen LogP contribution in [-0.2, 0) is 4.79 Å². The number of carbonyl (C=O) groups is 1. The zero-order valence-electron chi connectivity index (χ0n) is 11.6. The fraction of sp³-hybridized carbons (Fsp3) is 0.500. The van der Waals surface area contributed by atoms with E-state index < -0.39 is 0 Å². The summed E-state index contributed by atoms with van der Waals surface area (Å²) in [7, 11) is 1.83. The van der Waals surface area contributed by atoms with Gasteiger partial charge in [-0.1, -0.05) is 30.7 Å². The van der Waals surface area contributed by atoms with Gasteiger partial charge in [-0.2, -0.15) is 0 Å². The van der Waals surface area contributed by atoms with Crippen LogP contribution >= 0.6 is 24.0 Å². The maximum absolute atomic E-state index is 11.8. The molecule has 3 nitrogen and oxygen atoms in total. The van der Waals surface area contributed by atoms with E-state index in [1.807, 2.05) is 38.2 Å². The van der Waals surface area contributed by atoms with Crippen molar-refractivity contribution in [2.75, 3.05) is 13.6 Å². The predicted molar refractivity (Wildman–Crippen MR) is 83.0 cm³/mol. The highest BCUT2D eigenvalue weighted by atomic mass is 35.5. The van der Waals surface area contributed by atoms with Crippen molar-refractivity contribution < 1.29 is 4.79 Å². The van der Waals surface area contributed by atoms with Gasteiger partial charge in [-0.3, -0.25) is 4.79 Å². The number of carbonyl (C=O) groups excluding carboxylic acids is 1. The Morgan fingerprint density at radius 2 is 1.84 bits per heavy atom. The Balaban J connectivity index is 0.00000324. The fourth-order valence-corrected chi connectivity index (χ4v) is 2.03. The first kappa shape index (κ1) is 18.2. The average Bonchev–Trinajstić information content (AvgIpc) is 2.37. The molecule has 0 aliphatic carbocycles. The summed E-state index contributed by atoms with van der Waals surface area (Å²) in [6.45, 7) is 4.55. The van der Waals surface area contributed by atoms with Crippen LogP contribution in [0.25, 0.3) is 0 Å². The molecule has 0 saturated heterocycles. The molecule has 1 rings (SSSR count). The standard InChI is InChI=1S/C14H21ClN2O.ClH/c1-10(12-4-6-13(15)7-5-12)11(2)17(3)14(18)8-9-16;/h4-7,10-11H,8-9,16H2,1-3H3;1H. The summed E-state index contributed by atoms with van der Waals surface area (Å²) < 4.78 is 0. The second-order valence-electron chi connectivity index (χ2n) is 4.62. The molecular weight excluding hydrogens is 283 g/mol. The summed E-state index contributed by atoms with van der Waals surface area (Å²) in [5, 5.41) is 0.728. The van der Waals surface area contributed by atoms with E-state index in [0.717, 1.165) is 5.02 Å². The van der Waals surface area contributed by atoms with Crippen LogP contribution in [0.15, 0.2) is 24.3 Å². The van der Waals surface area contributed by atoms with E-state index in [0.29, 0.717) is 13.0 Å². The van der Waals surface area contributed by atoms with Gasteiger partial charge in [0.25, 0.3) is 0 Å². The molecule has 1 amide bonds. The zero-order chi connectivity index (χ0) is 13.7. The van der Waals surface area contributed by atoms with Gasteiger partial charge in [0.05, 0.1) is 0 Å². The number of nitrogens with zero attached hydrogens (tertiary/aromatic N) is 1. The largest absolute Gasteiger partial charge is 0.342 e. The molecule has 1 aromatic carbocycles. The molecule has 0 fully saturated rings. The van der Waals surface area contributed by atoms with Crippen LogP contribution in [-0.4, -0.2) is 30.4 Å². The number of likely N-dealkylation sites (N-methyl/N-ethyl adjacent to an activating group) is 1. The Labute approximate surface area is 126 Å². The van der Waals surface area contributed by atoms with Crippen molar-refractivity contribution in [2.24, 2.45) is 5.73 Å². The van der Waals surface area contributed by atoms with Crippen LogP contribution in [0.4, 0.5) is 0 Å². The Morgan fingerprint density at radius 3 is 2.32 bits per heavy atom. The first-order chi connectivity index (χ1) is 8.47. The molecule has 0 aromatic heterocycles. The van der Waals surface area contributed by atoms with E-state index in [1.165, 1.54) is 5.56 Å². The van der Waals surface area contributed by atoms with Crippen LogP contribution in [0.2, 0.25) is 5.02 Å². The summed E-state index contributed by atoms with van der Waals surface area (Å²) in [6, 6.07) is 7.89. The summed E-state index contributed by atoms with van der Waals surface area (Å²) >= 11 is 5.87. The number of halogens is 2. The first-order valence-corrected chi connectivity index (χ1v) is 6.56. The molecule has 5 heteroatoms. The van der Waals surface area contributed by atoms with Gasteiger partial charge in [-0.05, 0) is 24.6 Å². The molecule has 0 radical (unpaired) electrons. The molecule has 19 heavy (non-hydrogen) atoms. The minimum absolute atomic E-state index is 0. The highest BCUT2D eigenvalue weighted by molar-refractivity contribution is 6.30. The van der Waals surface area contributed by atoms with E-state index in [2.05, 4.69) is 6.92 Å². The minimum Gasteiger partial charge on any atom is -0.342 e. The topological polar surface area (TPSA) is 46.3 Å². The minimum atomic E-state index is 0. The van der Waals surface area contributed by atoms with Crippen LogP contribution in [0.3, 0.4) is 0 Å². The van der Waals surface area contributed by atoms with Gasteiger partial charge in [0.15, 0.2) is 0 Å². The molecular formula is C14H22Cl2N2O. The van der Waals surface area contributed by atoms with Crippen molar-refractivity contribution in [3.8, 4) is 0 Å². The van der Waals surface area contributed by atoms with Crippen LogP contribution in [0, 0.1) is 0 Å². The number of rotatable bonds is 5. The lowest BCUT2D eigenvalue weighted by Crippen LogP contribution is -2.39. The van der Waals surface area contributed by atoms with Gasteiger partial charge < -0.3 is 10.6 Å². The lowest BCUT2D eigenvalue weighted by atomic mass is 9.93. The van der Waals surface area contributed by atoms with Crippen molar-refractivity contribution in [3.05, 3.63) is 34.9 Å². The fourth-order valence-electron chi connectivity index (χ4n) is 1.91. The zero-order valence-corrected chi connectivity index (χ0v) is 13.2. The van der Waals surface area contributed by atoms with E-state index in [9.17, 15) is 4.79 Å². The monoisotopic (exact) mass is 304 g/mol. The Kier molecular flexibility index (Phi) is 8.07. The summed E-state index contributed by atoms with van der Waals surface area (Å²) in [4.78, 5) is 13.6. The average molecular weight is 305 g/mol. The summed E-state index contributed by atoms with van der Waals surface area (Å²) in [5.74, 6) is 0.347. The van der Waals surface area contributed by atoms with Gasteiger partial charge in [0.1, 0.15) is 0 Å². The molecule has 0 aliphatic heterocycles. The molecule has 2 N–H and O–H groups in total. The number of benzene rings is 1. The second-order valence-corrected chi connectivity index (χ2v) is 5.06. The van der Waals surface area contributed by atoms with Crippen molar-refractivity contribution in [1.29, 1.82) is 0 Å². The van der Waals surface area contributed by atoms with Crippen LogP contribution in [0.1, 0.15) is 31.7 Å². The Hall–Kier alpha value is -0.770. The molecule has 0 bridgehead atoms. The lowest BCUT2D eigenvalue weighted by Gasteiger charge is -2.30. The number of hydrogen-bond acceptors (Lipinski definition) is 2. The molecule has 0 heterocycles. The highest BCUT2D eigenvalue weighted by Gasteiger charge is 2.21. The lowest BCUT2D eigenvalue weighted by molar-refractivity contribution is -0.131. The van der Waals surface area contributed by atoms with Crippen molar-refractivity contribution >= 4 is 29.9 Å². The van der Waals surface area contributed by atoms with E-state index >= 15 is 0 Å². The molecule has 1 aromatic rings. The SMILES string of the molecule is CC(c1ccc(Cl)cc1)C(C)N(C)C(=O)CCN.Cl. The van der Waals surface area contributed by atoms with E-state index in [4.69, 9.17) is 17.3 Å². The third kappa shape index (κ3) is 5.01.